The number of aliphatic imine (C=N–C) groups is 1. The number of hydrogen-bond donors (Lipinski definition) is 2. The van der Waals surface area contributed by atoms with Crippen molar-refractivity contribution in [1.29, 1.82) is 0 Å². The van der Waals surface area contributed by atoms with Crippen LogP contribution in [0.3, 0.4) is 0 Å². The van der Waals surface area contributed by atoms with E-state index in [2.05, 4.69) is 26.2 Å². The Morgan fingerprint density at radius 2 is 2.29 bits per heavy atom. The van der Waals surface area contributed by atoms with Crippen molar-refractivity contribution >= 4 is 39.3 Å². The van der Waals surface area contributed by atoms with Crippen molar-refractivity contribution in [2.75, 3.05) is 18.6 Å². The molecule has 14 heavy (non-hydrogen) atoms. The first-order valence-corrected chi connectivity index (χ1v) is 6.02. The van der Waals surface area contributed by atoms with Gasteiger partial charge in [0, 0.05) is 16.4 Å². The van der Waals surface area contributed by atoms with E-state index in [0.29, 0.717) is 5.96 Å². The zero-order valence-corrected chi connectivity index (χ0v) is 10.4. The first-order valence-electron chi connectivity index (χ1n) is 4.00. The van der Waals surface area contributed by atoms with Crippen molar-refractivity contribution < 1.29 is 0 Å². The van der Waals surface area contributed by atoms with E-state index in [1.807, 2.05) is 24.5 Å². The van der Waals surface area contributed by atoms with Crippen molar-refractivity contribution in [2.24, 2.45) is 10.7 Å². The molecule has 0 aromatic heterocycles. The second kappa shape index (κ2) is 5.26. The Balaban J connectivity index is 2.95. The number of benzene rings is 1. The Kier molecular flexibility index (Phi) is 4.28. The van der Waals surface area contributed by atoms with Gasteiger partial charge in [0.05, 0.1) is 5.69 Å². The Bertz CT molecular complexity index is 352. The van der Waals surface area contributed by atoms with Crippen LogP contribution in [0.1, 0.15) is 0 Å². The van der Waals surface area contributed by atoms with Crippen LogP contribution in [0.4, 0.5) is 5.69 Å². The third-order valence-corrected chi connectivity index (χ3v) is 3.09. The van der Waals surface area contributed by atoms with Crippen molar-refractivity contribution in [3.05, 3.63) is 22.7 Å². The number of nitrogens with one attached hydrogen (secondary N) is 1. The molecule has 5 heteroatoms. The van der Waals surface area contributed by atoms with Gasteiger partial charge in [0.1, 0.15) is 0 Å². The van der Waals surface area contributed by atoms with Gasteiger partial charge in [0.25, 0.3) is 0 Å². The maximum atomic E-state index is 5.58. The number of guanidine groups is 1. The van der Waals surface area contributed by atoms with Gasteiger partial charge in [-0.3, -0.25) is 4.99 Å². The third kappa shape index (κ3) is 2.92. The van der Waals surface area contributed by atoms with E-state index in [9.17, 15) is 0 Å². The molecule has 0 aliphatic carbocycles. The molecule has 0 fully saturated rings. The summed E-state index contributed by atoms with van der Waals surface area (Å²) < 4.78 is 0.974. The van der Waals surface area contributed by atoms with Gasteiger partial charge in [-0.1, -0.05) is 0 Å². The Morgan fingerprint density at radius 1 is 1.57 bits per heavy atom. The van der Waals surface area contributed by atoms with Gasteiger partial charge in [0.2, 0.25) is 0 Å². The molecule has 0 bridgehead atoms. The van der Waals surface area contributed by atoms with E-state index < -0.39 is 0 Å². The van der Waals surface area contributed by atoms with Crippen LogP contribution in [0, 0.1) is 0 Å². The fourth-order valence-corrected chi connectivity index (χ4v) is 1.71. The zero-order valence-electron chi connectivity index (χ0n) is 8.04. The van der Waals surface area contributed by atoms with Crippen LogP contribution in [0.2, 0.25) is 0 Å². The first-order chi connectivity index (χ1) is 6.67. The number of rotatable bonds is 2. The summed E-state index contributed by atoms with van der Waals surface area (Å²) in [7, 11) is 1.65. The lowest BCUT2D eigenvalue weighted by atomic mass is 10.3. The highest BCUT2D eigenvalue weighted by atomic mass is 79.9. The Labute approximate surface area is 96.3 Å². The van der Waals surface area contributed by atoms with Crippen LogP contribution in [0.25, 0.3) is 0 Å². The van der Waals surface area contributed by atoms with Gasteiger partial charge in [0.15, 0.2) is 5.96 Å². The van der Waals surface area contributed by atoms with Crippen molar-refractivity contribution in [3.63, 3.8) is 0 Å². The highest BCUT2D eigenvalue weighted by Crippen LogP contribution is 2.27. The summed E-state index contributed by atoms with van der Waals surface area (Å²) >= 11 is 5.12. The molecule has 0 spiro atoms. The lowest BCUT2D eigenvalue weighted by Crippen LogP contribution is -2.22. The van der Waals surface area contributed by atoms with Gasteiger partial charge in [-0.05, 0) is 40.4 Å². The summed E-state index contributed by atoms with van der Waals surface area (Å²) in [4.78, 5) is 5.02. The van der Waals surface area contributed by atoms with Gasteiger partial charge in [-0.25, -0.2) is 0 Å². The van der Waals surface area contributed by atoms with Crippen LogP contribution < -0.4 is 11.1 Å². The van der Waals surface area contributed by atoms with Crippen molar-refractivity contribution in [2.45, 2.75) is 4.90 Å². The molecule has 0 saturated heterocycles. The van der Waals surface area contributed by atoms with Crippen LogP contribution >= 0.6 is 27.7 Å². The lowest BCUT2D eigenvalue weighted by Gasteiger charge is -2.08. The topological polar surface area (TPSA) is 50.4 Å². The molecule has 1 rings (SSSR count). The second-order valence-corrected chi connectivity index (χ2v) is 4.31. The van der Waals surface area contributed by atoms with Crippen LogP contribution in [0.5, 0.6) is 0 Å². The highest BCUT2D eigenvalue weighted by molar-refractivity contribution is 9.10. The zero-order chi connectivity index (χ0) is 10.6. The van der Waals surface area contributed by atoms with Crippen molar-refractivity contribution in [1.82, 2.24) is 0 Å². The second-order valence-electron chi connectivity index (χ2n) is 2.58. The molecule has 0 heterocycles. The molecular formula is C9H12BrN3S. The molecular weight excluding hydrogens is 262 g/mol. The summed E-state index contributed by atoms with van der Waals surface area (Å²) in [5.74, 6) is 0.406. The minimum atomic E-state index is 0.406. The fraction of sp³-hybridized carbons (Fsp3) is 0.222. The van der Waals surface area contributed by atoms with Gasteiger partial charge >= 0.3 is 0 Å². The maximum absolute atomic E-state index is 5.58. The van der Waals surface area contributed by atoms with E-state index in [0.717, 1.165) is 10.2 Å². The molecule has 3 nitrogen and oxygen atoms in total. The SMILES string of the molecule is CN=C(N)Nc1cc(SC)ccc1Br. The predicted octanol–water partition coefficient (Wildman–Crippen LogP) is 2.53. The standard InChI is InChI=1S/C9H12BrN3S/c1-12-9(11)13-8-5-6(14-2)3-4-7(8)10/h3-5H,1-2H3,(H3,11,12,13). The van der Waals surface area contributed by atoms with Gasteiger partial charge in [-0.2, -0.15) is 0 Å². The van der Waals surface area contributed by atoms with Crippen LogP contribution in [0.15, 0.2) is 32.6 Å². The number of thioether (sulfide) groups is 1. The molecule has 0 amide bonds. The van der Waals surface area contributed by atoms with Gasteiger partial charge in [-0.15, -0.1) is 11.8 Å². The lowest BCUT2D eigenvalue weighted by molar-refractivity contribution is 1.36. The number of anilines is 1. The van der Waals surface area contributed by atoms with E-state index in [4.69, 9.17) is 5.73 Å². The van der Waals surface area contributed by atoms with E-state index >= 15 is 0 Å². The molecule has 1 aromatic carbocycles. The molecule has 3 N–H and O–H groups in total. The summed E-state index contributed by atoms with van der Waals surface area (Å²) in [6, 6.07) is 6.04. The minimum Gasteiger partial charge on any atom is -0.370 e. The normalized spacial score (nSPS) is 11.5. The monoisotopic (exact) mass is 273 g/mol. The summed E-state index contributed by atoms with van der Waals surface area (Å²) in [5, 5.41) is 3.00. The van der Waals surface area contributed by atoms with Crippen LogP contribution in [-0.4, -0.2) is 19.3 Å². The first kappa shape index (κ1) is 11.4. The number of hydrogen-bond acceptors (Lipinski definition) is 2. The molecule has 0 aliphatic rings. The quantitative estimate of drug-likeness (QED) is 0.495. The van der Waals surface area contributed by atoms with Crippen LogP contribution in [-0.2, 0) is 0 Å². The largest absolute Gasteiger partial charge is 0.370 e. The van der Waals surface area contributed by atoms with E-state index in [1.165, 1.54) is 4.90 Å². The van der Waals surface area contributed by atoms with E-state index in [-0.39, 0.29) is 0 Å². The number of nitrogens with two attached hydrogens (primary N) is 1. The molecule has 0 saturated carbocycles. The highest BCUT2D eigenvalue weighted by Gasteiger charge is 2.01. The smallest absolute Gasteiger partial charge is 0.192 e. The minimum absolute atomic E-state index is 0.406. The molecule has 76 valence electrons. The molecule has 0 unspecified atom stereocenters. The summed E-state index contributed by atoms with van der Waals surface area (Å²) in [6.45, 7) is 0. The third-order valence-electron chi connectivity index (χ3n) is 1.68. The Morgan fingerprint density at radius 3 is 2.86 bits per heavy atom. The Hall–Kier alpha value is -0.680. The molecule has 1 aromatic rings. The number of nitrogens with zero attached hydrogens (tertiary/aromatic N) is 1. The summed E-state index contributed by atoms with van der Waals surface area (Å²) in [6.07, 6.45) is 2.03. The van der Waals surface area contributed by atoms with Crippen molar-refractivity contribution in [3.8, 4) is 0 Å². The fourth-order valence-electron chi connectivity index (χ4n) is 0.921. The predicted molar refractivity (Wildman–Crippen MR) is 67.1 cm³/mol. The van der Waals surface area contributed by atoms with Gasteiger partial charge < -0.3 is 11.1 Å². The average molecular weight is 274 g/mol. The molecule has 0 atom stereocenters. The average Bonchev–Trinajstić information content (AvgIpc) is 2.21. The maximum Gasteiger partial charge on any atom is 0.192 e. The molecule has 0 radical (unpaired) electrons. The molecule has 0 aliphatic heterocycles. The summed E-state index contributed by atoms with van der Waals surface area (Å²) in [5.41, 5.74) is 6.51. The van der Waals surface area contributed by atoms with E-state index in [1.54, 1.807) is 18.8 Å². The number of halogens is 1.